The van der Waals surface area contributed by atoms with E-state index in [4.69, 9.17) is 0 Å². The molecule has 0 aromatic heterocycles. The van der Waals surface area contributed by atoms with Gasteiger partial charge in [0.2, 0.25) is 0 Å². The Labute approximate surface area is 103 Å². The van der Waals surface area contributed by atoms with E-state index in [-0.39, 0.29) is 23.0 Å². The number of ketones is 1. The van der Waals surface area contributed by atoms with Crippen LogP contribution in [0.5, 0.6) is 0 Å². The standard InChI is InChI=1S/C15H22O2/c1-10-7-5-6-8-11(2)13(16)15(17)12(10)9-14(15,3)4/h6,8,11-12,17H,1,5,7,9H2,2-4H3. The molecule has 3 unspecified atom stereocenters. The van der Waals surface area contributed by atoms with Crippen LogP contribution in [0.3, 0.4) is 0 Å². The summed E-state index contributed by atoms with van der Waals surface area (Å²) in [7, 11) is 0. The van der Waals surface area contributed by atoms with Crippen LogP contribution in [0, 0.1) is 17.3 Å². The molecule has 1 fully saturated rings. The topological polar surface area (TPSA) is 37.3 Å². The molecule has 0 amide bonds. The molecule has 0 aromatic rings. The van der Waals surface area contributed by atoms with Crippen LogP contribution in [0.1, 0.15) is 40.0 Å². The third kappa shape index (κ3) is 1.61. The van der Waals surface area contributed by atoms with Crippen molar-refractivity contribution >= 4 is 5.78 Å². The van der Waals surface area contributed by atoms with Crippen molar-refractivity contribution in [1.29, 1.82) is 0 Å². The Kier molecular flexibility index (Phi) is 2.81. The van der Waals surface area contributed by atoms with Crippen molar-refractivity contribution in [2.45, 2.75) is 45.6 Å². The van der Waals surface area contributed by atoms with Gasteiger partial charge < -0.3 is 5.11 Å². The Hall–Kier alpha value is -0.890. The van der Waals surface area contributed by atoms with Gasteiger partial charge in [0.1, 0.15) is 5.60 Å². The van der Waals surface area contributed by atoms with Crippen LogP contribution < -0.4 is 0 Å². The van der Waals surface area contributed by atoms with Gasteiger partial charge >= 0.3 is 0 Å². The largest absolute Gasteiger partial charge is 0.381 e. The lowest BCUT2D eigenvalue weighted by Gasteiger charge is -2.58. The summed E-state index contributed by atoms with van der Waals surface area (Å²) < 4.78 is 0. The molecule has 0 bridgehead atoms. The lowest BCUT2D eigenvalue weighted by molar-refractivity contribution is -0.197. The van der Waals surface area contributed by atoms with E-state index in [0.717, 1.165) is 24.8 Å². The van der Waals surface area contributed by atoms with Crippen LogP contribution in [-0.2, 0) is 4.79 Å². The van der Waals surface area contributed by atoms with Crippen LogP contribution in [0.15, 0.2) is 24.3 Å². The predicted octanol–water partition coefficient (Wildman–Crippen LogP) is 2.88. The molecule has 2 rings (SSSR count). The normalized spacial score (nSPS) is 40.9. The molecule has 1 saturated carbocycles. The number of carbonyl (C=O) groups excluding carboxylic acids is 1. The van der Waals surface area contributed by atoms with Crippen LogP contribution in [0.25, 0.3) is 0 Å². The molecule has 0 radical (unpaired) electrons. The Bertz CT molecular complexity index is 392. The van der Waals surface area contributed by atoms with Crippen molar-refractivity contribution in [2.24, 2.45) is 17.3 Å². The second-order valence-electron chi connectivity index (χ2n) is 6.18. The summed E-state index contributed by atoms with van der Waals surface area (Å²) in [6.07, 6.45) is 6.61. The minimum Gasteiger partial charge on any atom is -0.381 e. The van der Waals surface area contributed by atoms with Gasteiger partial charge in [0.25, 0.3) is 0 Å². The van der Waals surface area contributed by atoms with Crippen molar-refractivity contribution in [1.82, 2.24) is 0 Å². The van der Waals surface area contributed by atoms with Gasteiger partial charge in [-0.05, 0) is 19.3 Å². The van der Waals surface area contributed by atoms with Crippen molar-refractivity contribution in [3.63, 3.8) is 0 Å². The number of carbonyl (C=O) groups is 1. The van der Waals surface area contributed by atoms with Gasteiger partial charge in [0.05, 0.1) is 0 Å². The Morgan fingerprint density at radius 1 is 1.47 bits per heavy atom. The maximum atomic E-state index is 12.5. The van der Waals surface area contributed by atoms with E-state index >= 15 is 0 Å². The number of hydrogen-bond donors (Lipinski definition) is 1. The highest BCUT2D eigenvalue weighted by Crippen LogP contribution is 2.58. The van der Waals surface area contributed by atoms with Crippen LogP contribution in [-0.4, -0.2) is 16.5 Å². The molecule has 0 spiro atoms. The van der Waals surface area contributed by atoms with E-state index < -0.39 is 5.60 Å². The lowest BCUT2D eigenvalue weighted by Crippen LogP contribution is -2.67. The molecule has 1 N–H and O–H groups in total. The van der Waals surface area contributed by atoms with Crippen LogP contribution in [0.2, 0.25) is 0 Å². The third-order valence-electron chi connectivity index (χ3n) is 4.59. The minimum absolute atomic E-state index is 0.0435. The average molecular weight is 234 g/mol. The van der Waals surface area contributed by atoms with Gasteiger partial charge in [0.15, 0.2) is 5.78 Å². The molecule has 0 saturated heterocycles. The highest BCUT2D eigenvalue weighted by atomic mass is 16.3. The highest BCUT2D eigenvalue weighted by molar-refractivity contribution is 5.93. The number of fused-ring (bicyclic) bond motifs is 1. The number of rotatable bonds is 0. The van der Waals surface area contributed by atoms with Gasteiger partial charge in [-0.1, -0.05) is 45.1 Å². The monoisotopic (exact) mass is 234 g/mol. The summed E-state index contributed by atoms with van der Waals surface area (Å²) in [5.41, 5.74) is -0.513. The fourth-order valence-corrected chi connectivity index (χ4v) is 3.28. The smallest absolute Gasteiger partial charge is 0.172 e. The van der Waals surface area contributed by atoms with Gasteiger partial charge in [0, 0.05) is 17.3 Å². The van der Waals surface area contributed by atoms with Crippen LogP contribution >= 0.6 is 0 Å². The average Bonchev–Trinajstić information content (AvgIpc) is 2.30. The van der Waals surface area contributed by atoms with E-state index in [0.29, 0.717) is 0 Å². The molecule has 94 valence electrons. The number of Topliss-reactive ketones (excluding diaryl/α,β-unsaturated/α-hetero) is 1. The first-order chi connectivity index (χ1) is 7.80. The quantitative estimate of drug-likeness (QED) is 0.654. The van der Waals surface area contributed by atoms with Gasteiger partial charge in [-0.2, -0.15) is 0 Å². The SMILES string of the molecule is C=C1CCC=CC(C)C(=O)C2(O)C1CC2(C)C. The lowest BCUT2D eigenvalue weighted by atomic mass is 9.48. The van der Waals surface area contributed by atoms with Crippen molar-refractivity contribution in [2.75, 3.05) is 0 Å². The molecular formula is C15H22O2. The van der Waals surface area contributed by atoms with E-state index in [2.05, 4.69) is 6.58 Å². The summed E-state index contributed by atoms with van der Waals surface area (Å²) in [5, 5.41) is 10.9. The Balaban J connectivity index is 2.42. The summed E-state index contributed by atoms with van der Waals surface area (Å²) in [6.45, 7) is 9.89. The molecule has 0 aromatic carbocycles. The molecule has 0 aliphatic heterocycles. The highest BCUT2D eigenvalue weighted by Gasteiger charge is 2.64. The van der Waals surface area contributed by atoms with Crippen LogP contribution in [0.4, 0.5) is 0 Å². The molecule has 2 aliphatic rings. The third-order valence-corrected chi connectivity index (χ3v) is 4.59. The minimum atomic E-state index is -1.21. The first-order valence-electron chi connectivity index (χ1n) is 6.41. The molecule has 2 nitrogen and oxygen atoms in total. The number of allylic oxidation sites excluding steroid dienone is 2. The maximum Gasteiger partial charge on any atom is 0.172 e. The number of hydrogen-bond acceptors (Lipinski definition) is 2. The fourth-order valence-electron chi connectivity index (χ4n) is 3.28. The molecule has 0 heterocycles. The molecular weight excluding hydrogens is 212 g/mol. The van der Waals surface area contributed by atoms with Crippen molar-refractivity contribution in [3.05, 3.63) is 24.3 Å². The predicted molar refractivity (Wildman–Crippen MR) is 68.5 cm³/mol. The zero-order chi connectivity index (χ0) is 12.8. The van der Waals surface area contributed by atoms with Crippen molar-refractivity contribution in [3.8, 4) is 0 Å². The van der Waals surface area contributed by atoms with Gasteiger partial charge in [-0.25, -0.2) is 0 Å². The molecule has 2 aliphatic carbocycles. The van der Waals surface area contributed by atoms with E-state index in [9.17, 15) is 9.90 Å². The molecule has 2 heteroatoms. The van der Waals surface area contributed by atoms with E-state index in [1.54, 1.807) is 0 Å². The van der Waals surface area contributed by atoms with Crippen molar-refractivity contribution < 1.29 is 9.90 Å². The summed E-state index contributed by atoms with van der Waals surface area (Å²) in [5.74, 6) is -0.293. The summed E-state index contributed by atoms with van der Waals surface area (Å²) in [4.78, 5) is 12.5. The Morgan fingerprint density at radius 3 is 2.71 bits per heavy atom. The zero-order valence-corrected chi connectivity index (χ0v) is 11.0. The second kappa shape index (κ2) is 3.81. The fraction of sp³-hybridized carbons (Fsp3) is 0.667. The van der Waals surface area contributed by atoms with Gasteiger partial charge in [-0.3, -0.25) is 4.79 Å². The summed E-state index contributed by atoms with van der Waals surface area (Å²) >= 11 is 0. The zero-order valence-electron chi connectivity index (χ0n) is 11.0. The second-order valence-corrected chi connectivity index (χ2v) is 6.18. The first-order valence-corrected chi connectivity index (χ1v) is 6.41. The maximum absolute atomic E-state index is 12.5. The Morgan fingerprint density at radius 2 is 2.12 bits per heavy atom. The van der Waals surface area contributed by atoms with E-state index in [1.165, 1.54) is 0 Å². The number of aliphatic hydroxyl groups is 1. The first kappa shape index (κ1) is 12.6. The van der Waals surface area contributed by atoms with E-state index in [1.807, 2.05) is 32.9 Å². The summed E-state index contributed by atoms with van der Waals surface area (Å²) in [6, 6.07) is 0. The molecule has 17 heavy (non-hydrogen) atoms. The van der Waals surface area contributed by atoms with Gasteiger partial charge in [-0.15, -0.1) is 0 Å². The molecule has 3 atom stereocenters.